The molecule has 0 spiro atoms. The van der Waals surface area contributed by atoms with Gasteiger partial charge in [-0.05, 0) is 30.2 Å². The maximum Gasteiger partial charge on any atom is 0.201 e. The van der Waals surface area contributed by atoms with Crippen LogP contribution in [0.1, 0.15) is 51.1 Å². The van der Waals surface area contributed by atoms with Crippen LogP contribution in [0.3, 0.4) is 0 Å². The third-order valence-corrected chi connectivity index (χ3v) is 6.96. The van der Waals surface area contributed by atoms with Gasteiger partial charge < -0.3 is 4.42 Å². The molecule has 146 valence electrons. The van der Waals surface area contributed by atoms with Crippen molar-refractivity contribution in [1.29, 1.82) is 0 Å². The van der Waals surface area contributed by atoms with Crippen molar-refractivity contribution in [2.75, 3.05) is 0 Å². The van der Waals surface area contributed by atoms with Gasteiger partial charge in [0.1, 0.15) is 11.0 Å². The van der Waals surface area contributed by atoms with E-state index in [0.717, 1.165) is 26.3 Å². The Labute approximate surface area is 178 Å². The minimum absolute atomic E-state index is 0.00388. The molecule has 4 rings (SSSR count). The van der Waals surface area contributed by atoms with Crippen LogP contribution in [-0.2, 0) is 17.3 Å². The van der Waals surface area contributed by atoms with Crippen LogP contribution in [0.4, 0.5) is 0 Å². The molecule has 0 aliphatic rings. The van der Waals surface area contributed by atoms with E-state index in [-0.39, 0.29) is 10.8 Å². The van der Waals surface area contributed by atoms with E-state index >= 15 is 0 Å². The normalized spacial score (nSPS) is 13.0. The lowest BCUT2D eigenvalue weighted by Crippen LogP contribution is -2.21. The monoisotopic (exact) mass is 432 g/mol. The first-order valence-electron chi connectivity index (χ1n) is 9.20. The van der Waals surface area contributed by atoms with Gasteiger partial charge in [0.2, 0.25) is 5.89 Å². The van der Waals surface area contributed by atoms with E-state index in [1.54, 1.807) is 11.3 Å². The fraction of sp³-hybridized carbons (Fsp3) is 0.364. The summed E-state index contributed by atoms with van der Waals surface area (Å²) >= 11 is 14.7. The number of para-hydroxylation sites is 1. The minimum Gasteiger partial charge on any atom is -0.439 e. The second-order valence-corrected chi connectivity index (χ2v) is 10.6. The van der Waals surface area contributed by atoms with Crippen LogP contribution in [0.15, 0.2) is 34.7 Å². The minimum atomic E-state index is -0.345. The van der Waals surface area contributed by atoms with Crippen molar-refractivity contribution in [1.82, 2.24) is 9.97 Å². The van der Waals surface area contributed by atoms with Gasteiger partial charge >= 0.3 is 0 Å². The third kappa shape index (κ3) is 3.42. The number of fused-ring (bicyclic) bond motifs is 2. The first-order chi connectivity index (χ1) is 13.1. The van der Waals surface area contributed by atoms with Crippen molar-refractivity contribution in [3.8, 4) is 0 Å². The summed E-state index contributed by atoms with van der Waals surface area (Å²) in [7, 11) is 0. The number of nitrogens with zero attached hydrogens (tertiary/aromatic N) is 2. The van der Waals surface area contributed by atoms with Gasteiger partial charge in [-0.3, -0.25) is 0 Å². The number of rotatable bonds is 3. The number of hydrogen-bond donors (Lipinski definition) is 0. The molecule has 0 atom stereocenters. The fourth-order valence-electron chi connectivity index (χ4n) is 3.22. The predicted octanol–water partition coefficient (Wildman–Crippen LogP) is 7.56. The molecule has 0 aliphatic heterocycles. The lowest BCUT2D eigenvalue weighted by molar-refractivity contribution is 0.381. The average molecular weight is 433 g/mol. The number of benzene rings is 2. The first kappa shape index (κ1) is 19.7. The number of oxazole rings is 1. The molecular formula is C22H22Cl2N2OS. The Balaban J connectivity index is 1.73. The van der Waals surface area contributed by atoms with Gasteiger partial charge in [-0.15, -0.1) is 11.3 Å². The summed E-state index contributed by atoms with van der Waals surface area (Å²) in [4.78, 5) is 9.49. The van der Waals surface area contributed by atoms with Crippen molar-refractivity contribution in [3.63, 3.8) is 0 Å². The van der Waals surface area contributed by atoms with E-state index in [4.69, 9.17) is 32.6 Å². The number of thiazole rings is 1. The largest absolute Gasteiger partial charge is 0.439 e. The standard InChI is InChI=1S/C22H22Cl2N2OS/c1-21(2,3)20-26-17-15(28-20)10-9-12(16(17)24)11-22(4,5)19-25-14-8-6-7-13(23)18(14)27-19/h6-10H,11H2,1-5H3. The summed E-state index contributed by atoms with van der Waals surface area (Å²) in [5.74, 6) is 0.653. The van der Waals surface area contributed by atoms with Gasteiger partial charge in [0.15, 0.2) is 5.58 Å². The van der Waals surface area contributed by atoms with E-state index in [0.29, 0.717) is 27.9 Å². The van der Waals surface area contributed by atoms with Crippen molar-refractivity contribution in [2.24, 2.45) is 0 Å². The lowest BCUT2D eigenvalue weighted by Gasteiger charge is -2.21. The molecule has 28 heavy (non-hydrogen) atoms. The van der Waals surface area contributed by atoms with Crippen LogP contribution < -0.4 is 0 Å². The molecule has 4 aromatic rings. The van der Waals surface area contributed by atoms with Gasteiger partial charge in [-0.25, -0.2) is 9.97 Å². The molecule has 0 unspecified atom stereocenters. The van der Waals surface area contributed by atoms with Crippen LogP contribution in [0.5, 0.6) is 0 Å². The van der Waals surface area contributed by atoms with Crippen molar-refractivity contribution in [3.05, 3.63) is 56.8 Å². The summed E-state index contributed by atoms with van der Waals surface area (Å²) in [6.07, 6.45) is 0.689. The molecule has 2 heterocycles. The highest BCUT2D eigenvalue weighted by Gasteiger charge is 2.29. The number of halogens is 2. The van der Waals surface area contributed by atoms with E-state index in [2.05, 4.69) is 51.7 Å². The van der Waals surface area contributed by atoms with Crippen LogP contribution in [0, 0.1) is 0 Å². The zero-order chi connectivity index (χ0) is 20.3. The van der Waals surface area contributed by atoms with Crippen molar-refractivity contribution >= 4 is 55.9 Å². The highest BCUT2D eigenvalue weighted by atomic mass is 35.5. The number of aromatic nitrogens is 2. The van der Waals surface area contributed by atoms with E-state index < -0.39 is 0 Å². The molecule has 0 aliphatic carbocycles. The summed E-state index contributed by atoms with van der Waals surface area (Å²) in [5, 5.41) is 2.38. The molecule has 0 N–H and O–H groups in total. The van der Waals surface area contributed by atoms with Crippen LogP contribution in [-0.4, -0.2) is 9.97 Å². The smallest absolute Gasteiger partial charge is 0.201 e. The van der Waals surface area contributed by atoms with E-state index in [1.807, 2.05) is 18.2 Å². The van der Waals surface area contributed by atoms with Crippen LogP contribution in [0.25, 0.3) is 21.3 Å². The SMILES string of the molecule is CC(C)(C)c1nc2c(Cl)c(CC(C)(C)c3nc4cccc(Cl)c4o3)ccc2s1. The van der Waals surface area contributed by atoms with Gasteiger partial charge in [-0.1, -0.05) is 70.0 Å². The zero-order valence-electron chi connectivity index (χ0n) is 16.6. The second kappa shape index (κ2) is 6.72. The summed E-state index contributed by atoms with van der Waals surface area (Å²) < 4.78 is 7.13. The Morgan fingerprint density at radius 2 is 1.75 bits per heavy atom. The molecule has 0 saturated heterocycles. The summed E-state index contributed by atoms with van der Waals surface area (Å²) in [5.41, 5.74) is 2.98. The topological polar surface area (TPSA) is 38.9 Å². The zero-order valence-corrected chi connectivity index (χ0v) is 18.9. The van der Waals surface area contributed by atoms with Crippen molar-refractivity contribution in [2.45, 2.75) is 51.9 Å². The quantitative estimate of drug-likeness (QED) is 0.335. The number of hydrogen-bond acceptors (Lipinski definition) is 4. The highest BCUT2D eigenvalue weighted by Crippen LogP contribution is 2.39. The predicted molar refractivity (Wildman–Crippen MR) is 119 cm³/mol. The molecule has 2 aromatic heterocycles. The summed E-state index contributed by atoms with van der Waals surface area (Å²) in [6, 6.07) is 9.80. The molecular weight excluding hydrogens is 411 g/mol. The molecule has 0 bridgehead atoms. The van der Waals surface area contributed by atoms with Crippen LogP contribution in [0.2, 0.25) is 10.0 Å². The lowest BCUT2D eigenvalue weighted by atomic mass is 9.85. The molecule has 0 fully saturated rings. The Bertz CT molecular complexity index is 1180. The fourth-order valence-corrected chi connectivity index (χ4v) is 4.79. The average Bonchev–Trinajstić information content (AvgIpc) is 3.22. The van der Waals surface area contributed by atoms with Gasteiger partial charge in [0.25, 0.3) is 0 Å². The van der Waals surface area contributed by atoms with Crippen molar-refractivity contribution < 1.29 is 4.42 Å². The highest BCUT2D eigenvalue weighted by molar-refractivity contribution is 7.18. The Kier molecular flexibility index (Phi) is 4.72. The third-order valence-electron chi connectivity index (χ3n) is 4.80. The maximum atomic E-state index is 6.77. The summed E-state index contributed by atoms with van der Waals surface area (Å²) in [6.45, 7) is 10.7. The Hall–Kier alpha value is -1.62. The molecule has 0 amide bonds. The molecule has 6 heteroatoms. The molecule has 3 nitrogen and oxygen atoms in total. The van der Waals surface area contributed by atoms with E-state index in [9.17, 15) is 0 Å². The molecule has 2 aromatic carbocycles. The molecule has 0 saturated carbocycles. The van der Waals surface area contributed by atoms with Crippen LogP contribution >= 0.6 is 34.5 Å². The van der Waals surface area contributed by atoms with Gasteiger partial charge in [0, 0.05) is 10.8 Å². The molecule has 0 radical (unpaired) electrons. The van der Waals surface area contributed by atoms with Gasteiger partial charge in [0.05, 0.1) is 19.8 Å². The maximum absolute atomic E-state index is 6.77. The van der Waals surface area contributed by atoms with Gasteiger partial charge in [-0.2, -0.15) is 0 Å². The Morgan fingerprint density at radius 1 is 1.00 bits per heavy atom. The first-order valence-corrected chi connectivity index (χ1v) is 10.8. The Morgan fingerprint density at radius 3 is 2.43 bits per heavy atom. The second-order valence-electron chi connectivity index (χ2n) is 8.82. The van der Waals surface area contributed by atoms with E-state index in [1.165, 1.54) is 0 Å².